The van der Waals surface area contributed by atoms with Gasteiger partial charge in [-0.1, -0.05) is 129 Å². The summed E-state index contributed by atoms with van der Waals surface area (Å²) >= 11 is 0. The SMILES string of the molecule is CCCCC(c1ccccc1)(c1ccccc1)C1c2ccccc2-c2ccccc21. The molecule has 0 radical (unpaired) electrons. The fourth-order valence-corrected chi connectivity index (χ4v) is 5.55. The van der Waals surface area contributed by atoms with Crippen LogP contribution >= 0.6 is 0 Å². The maximum Gasteiger partial charge on any atom is 0.0312 e. The second-order valence-corrected chi connectivity index (χ2v) is 8.41. The van der Waals surface area contributed by atoms with Gasteiger partial charge in [0.15, 0.2) is 0 Å². The standard InChI is InChI=1S/C30H28/c1-2-3-22-30(23-14-6-4-7-15-23,24-16-8-5-9-17-24)29-27-20-12-10-18-25(27)26-19-11-13-21-28(26)29/h4-21,29H,2-3,22H2,1H3. The molecule has 0 saturated heterocycles. The molecule has 0 nitrogen and oxygen atoms in total. The largest absolute Gasteiger partial charge is 0.0654 e. The van der Waals surface area contributed by atoms with Gasteiger partial charge in [0.25, 0.3) is 0 Å². The minimum Gasteiger partial charge on any atom is -0.0654 e. The molecule has 1 aliphatic carbocycles. The first-order valence-electron chi connectivity index (χ1n) is 11.2. The first kappa shape index (κ1) is 18.9. The van der Waals surface area contributed by atoms with Gasteiger partial charge in [0.05, 0.1) is 0 Å². The Morgan fingerprint density at radius 3 is 1.47 bits per heavy atom. The van der Waals surface area contributed by atoms with E-state index in [4.69, 9.17) is 0 Å². The molecule has 0 unspecified atom stereocenters. The van der Waals surface area contributed by atoms with Crippen LogP contribution in [0.25, 0.3) is 11.1 Å². The lowest BCUT2D eigenvalue weighted by atomic mass is 9.60. The van der Waals surface area contributed by atoms with Crippen molar-refractivity contribution in [2.24, 2.45) is 0 Å². The summed E-state index contributed by atoms with van der Waals surface area (Å²) in [7, 11) is 0. The fourth-order valence-electron chi connectivity index (χ4n) is 5.55. The van der Waals surface area contributed by atoms with Gasteiger partial charge in [0.1, 0.15) is 0 Å². The zero-order valence-corrected chi connectivity index (χ0v) is 17.6. The monoisotopic (exact) mass is 388 g/mol. The molecule has 5 rings (SSSR count). The van der Waals surface area contributed by atoms with Gasteiger partial charge in [0, 0.05) is 11.3 Å². The Bertz CT molecular complexity index is 1040. The summed E-state index contributed by atoms with van der Waals surface area (Å²) < 4.78 is 0. The van der Waals surface area contributed by atoms with E-state index in [1.165, 1.54) is 46.2 Å². The first-order valence-corrected chi connectivity index (χ1v) is 11.2. The highest BCUT2D eigenvalue weighted by Crippen LogP contribution is 2.57. The molecule has 0 atom stereocenters. The molecule has 0 heterocycles. The third-order valence-electron chi connectivity index (χ3n) is 6.83. The van der Waals surface area contributed by atoms with Crippen molar-refractivity contribution in [1.29, 1.82) is 0 Å². The van der Waals surface area contributed by atoms with E-state index in [0.29, 0.717) is 5.92 Å². The van der Waals surface area contributed by atoms with E-state index in [0.717, 1.165) is 6.42 Å². The zero-order valence-electron chi connectivity index (χ0n) is 17.6. The Labute approximate surface area is 180 Å². The molecule has 0 heteroatoms. The fraction of sp³-hybridized carbons (Fsp3) is 0.200. The Kier molecular flexibility index (Phi) is 5.01. The number of hydrogen-bond acceptors (Lipinski definition) is 0. The Morgan fingerprint density at radius 1 is 0.567 bits per heavy atom. The van der Waals surface area contributed by atoms with Gasteiger partial charge >= 0.3 is 0 Å². The molecule has 0 aliphatic heterocycles. The Balaban J connectivity index is 1.86. The van der Waals surface area contributed by atoms with E-state index in [2.05, 4.69) is 116 Å². The summed E-state index contributed by atoms with van der Waals surface area (Å²) in [5.74, 6) is 0.307. The van der Waals surface area contributed by atoms with Crippen LogP contribution in [0.3, 0.4) is 0 Å². The minimum absolute atomic E-state index is 0.0960. The Hall–Kier alpha value is -3.12. The summed E-state index contributed by atoms with van der Waals surface area (Å²) in [5.41, 5.74) is 8.45. The first-order chi connectivity index (χ1) is 14.9. The molecular formula is C30H28. The quantitative estimate of drug-likeness (QED) is 0.314. The highest BCUT2D eigenvalue weighted by Gasteiger charge is 2.47. The molecule has 148 valence electrons. The molecule has 0 aromatic heterocycles. The summed E-state index contributed by atoms with van der Waals surface area (Å²) in [4.78, 5) is 0. The van der Waals surface area contributed by atoms with Crippen LogP contribution in [0, 0.1) is 0 Å². The summed E-state index contributed by atoms with van der Waals surface area (Å²) in [6, 6.07) is 40.5. The van der Waals surface area contributed by atoms with Gasteiger partial charge in [-0.2, -0.15) is 0 Å². The van der Waals surface area contributed by atoms with E-state index in [9.17, 15) is 0 Å². The molecule has 4 aromatic rings. The predicted octanol–water partition coefficient (Wildman–Crippen LogP) is 7.98. The van der Waals surface area contributed by atoms with Crippen LogP contribution in [0.4, 0.5) is 0 Å². The van der Waals surface area contributed by atoms with Crippen molar-refractivity contribution in [2.45, 2.75) is 37.5 Å². The minimum atomic E-state index is -0.0960. The normalized spacial score (nSPS) is 13.1. The van der Waals surface area contributed by atoms with Crippen LogP contribution in [0.1, 0.15) is 54.4 Å². The van der Waals surface area contributed by atoms with Crippen LogP contribution < -0.4 is 0 Å². The van der Waals surface area contributed by atoms with E-state index >= 15 is 0 Å². The van der Waals surface area contributed by atoms with Gasteiger partial charge in [-0.3, -0.25) is 0 Å². The Morgan fingerprint density at radius 2 is 1.00 bits per heavy atom. The zero-order chi connectivity index (χ0) is 20.4. The predicted molar refractivity (Wildman–Crippen MR) is 127 cm³/mol. The van der Waals surface area contributed by atoms with E-state index < -0.39 is 0 Å². The van der Waals surface area contributed by atoms with E-state index in [-0.39, 0.29) is 5.41 Å². The van der Waals surface area contributed by atoms with Crippen molar-refractivity contribution in [3.05, 3.63) is 131 Å². The van der Waals surface area contributed by atoms with Crippen LogP contribution in [-0.4, -0.2) is 0 Å². The summed E-state index contributed by atoms with van der Waals surface area (Å²) in [6.45, 7) is 2.30. The van der Waals surface area contributed by atoms with Crippen LogP contribution in [0.15, 0.2) is 109 Å². The summed E-state index contributed by atoms with van der Waals surface area (Å²) in [5, 5.41) is 0. The highest BCUT2D eigenvalue weighted by molar-refractivity contribution is 5.80. The molecule has 0 amide bonds. The molecule has 1 aliphatic rings. The number of rotatable bonds is 6. The smallest absolute Gasteiger partial charge is 0.0312 e. The molecule has 0 spiro atoms. The third-order valence-corrected chi connectivity index (χ3v) is 6.83. The van der Waals surface area contributed by atoms with Crippen LogP contribution in [-0.2, 0) is 5.41 Å². The van der Waals surface area contributed by atoms with Gasteiger partial charge in [-0.05, 0) is 39.8 Å². The van der Waals surface area contributed by atoms with Crippen LogP contribution in [0.5, 0.6) is 0 Å². The molecular weight excluding hydrogens is 360 g/mol. The van der Waals surface area contributed by atoms with Gasteiger partial charge in [-0.15, -0.1) is 0 Å². The lowest BCUT2D eigenvalue weighted by molar-refractivity contribution is 0.408. The van der Waals surface area contributed by atoms with Crippen molar-refractivity contribution in [2.75, 3.05) is 0 Å². The average molecular weight is 389 g/mol. The maximum absolute atomic E-state index is 2.35. The second-order valence-electron chi connectivity index (χ2n) is 8.41. The molecule has 0 N–H and O–H groups in total. The lowest BCUT2D eigenvalue weighted by Crippen LogP contribution is -2.35. The second kappa shape index (κ2) is 7.95. The lowest BCUT2D eigenvalue weighted by Gasteiger charge is -2.42. The molecule has 0 saturated carbocycles. The number of benzene rings is 4. The van der Waals surface area contributed by atoms with Crippen molar-refractivity contribution in [1.82, 2.24) is 0 Å². The number of fused-ring (bicyclic) bond motifs is 3. The van der Waals surface area contributed by atoms with Crippen molar-refractivity contribution < 1.29 is 0 Å². The topological polar surface area (TPSA) is 0 Å². The van der Waals surface area contributed by atoms with Crippen molar-refractivity contribution >= 4 is 0 Å². The summed E-state index contributed by atoms with van der Waals surface area (Å²) in [6.07, 6.45) is 3.52. The van der Waals surface area contributed by atoms with Crippen molar-refractivity contribution in [3.8, 4) is 11.1 Å². The molecule has 0 bridgehead atoms. The van der Waals surface area contributed by atoms with Crippen LogP contribution in [0.2, 0.25) is 0 Å². The van der Waals surface area contributed by atoms with E-state index in [1.807, 2.05) is 0 Å². The highest BCUT2D eigenvalue weighted by atomic mass is 14.5. The van der Waals surface area contributed by atoms with E-state index in [1.54, 1.807) is 0 Å². The number of hydrogen-bond donors (Lipinski definition) is 0. The molecule has 0 fully saturated rings. The molecule has 4 aromatic carbocycles. The average Bonchev–Trinajstić information content (AvgIpc) is 3.16. The third kappa shape index (κ3) is 2.91. The van der Waals surface area contributed by atoms with Gasteiger partial charge < -0.3 is 0 Å². The number of unbranched alkanes of at least 4 members (excludes halogenated alkanes) is 1. The van der Waals surface area contributed by atoms with Crippen molar-refractivity contribution in [3.63, 3.8) is 0 Å². The maximum atomic E-state index is 2.35. The van der Waals surface area contributed by atoms with Gasteiger partial charge in [0.2, 0.25) is 0 Å². The van der Waals surface area contributed by atoms with Gasteiger partial charge in [-0.25, -0.2) is 0 Å². The molecule has 30 heavy (non-hydrogen) atoms.